The number of carbonyl (C=O) groups is 1. The normalized spacial score (nSPS) is 12.4. The number of carbonyl (C=O) groups excluding carboxylic acids is 1. The highest BCUT2D eigenvalue weighted by molar-refractivity contribution is 9.08. The number of halogens is 2. The summed E-state index contributed by atoms with van der Waals surface area (Å²) in [7, 11) is 3.64. The van der Waals surface area contributed by atoms with Crippen molar-refractivity contribution in [3.8, 4) is 22.6 Å². The van der Waals surface area contributed by atoms with Gasteiger partial charge in [-0.3, -0.25) is 4.68 Å². The Labute approximate surface area is 371 Å². The van der Waals surface area contributed by atoms with Crippen LogP contribution in [0.1, 0.15) is 68.3 Å². The smallest absolute Gasteiger partial charge is 0.355 e. The lowest BCUT2D eigenvalue weighted by molar-refractivity contribution is 0.0514. The summed E-state index contributed by atoms with van der Waals surface area (Å²) < 4.78 is 21.8. The van der Waals surface area contributed by atoms with E-state index in [0.29, 0.717) is 30.2 Å². The number of aromatic nitrogens is 4. The molecule has 1 aliphatic heterocycles. The highest BCUT2D eigenvalue weighted by Crippen LogP contribution is 2.44. The maximum atomic E-state index is 13.8. The summed E-state index contributed by atoms with van der Waals surface area (Å²) in [6.45, 7) is 5.55. The van der Waals surface area contributed by atoms with Crippen molar-refractivity contribution in [3.05, 3.63) is 122 Å². The number of alkyl halides is 1. The number of thiazole rings is 1. The van der Waals surface area contributed by atoms with E-state index in [0.717, 1.165) is 113 Å². The van der Waals surface area contributed by atoms with Crippen LogP contribution in [0.25, 0.3) is 32.8 Å². The van der Waals surface area contributed by atoms with Crippen molar-refractivity contribution in [2.45, 2.75) is 73.6 Å². The molecule has 0 radical (unpaired) electrons. The van der Waals surface area contributed by atoms with E-state index in [1.807, 2.05) is 54.6 Å². The SMILES string of the molecule is CCOC(=O)c1c(CCCOc2cc(SCc3ccc(OC)cc3)cc3ccccc23)c2ccc(Cl)c(-c3c(CSCc4nc(C)c(CBr)s4)nn4c3CCC4)c2n1C. The lowest BCUT2D eigenvalue weighted by Gasteiger charge is -2.13. The maximum absolute atomic E-state index is 13.8. The Kier molecular flexibility index (Phi) is 13.3. The van der Waals surface area contributed by atoms with Gasteiger partial charge in [-0.2, -0.15) is 5.10 Å². The molecule has 8 nitrogen and oxygen atoms in total. The van der Waals surface area contributed by atoms with Crippen molar-refractivity contribution in [2.24, 2.45) is 7.05 Å². The molecule has 1 aliphatic rings. The molecule has 8 rings (SSSR count). The molecule has 306 valence electrons. The topological polar surface area (TPSA) is 80.4 Å². The average molecular weight is 930 g/mol. The first-order valence-corrected chi connectivity index (χ1v) is 24.3. The van der Waals surface area contributed by atoms with Gasteiger partial charge in [0.25, 0.3) is 0 Å². The lowest BCUT2D eigenvalue weighted by atomic mass is 9.97. The van der Waals surface area contributed by atoms with Gasteiger partial charge in [-0.25, -0.2) is 9.78 Å². The predicted molar refractivity (Wildman–Crippen MR) is 248 cm³/mol. The summed E-state index contributed by atoms with van der Waals surface area (Å²) in [5, 5.41) is 10.9. The van der Waals surface area contributed by atoms with Gasteiger partial charge in [0.1, 0.15) is 22.2 Å². The first kappa shape index (κ1) is 41.8. The predicted octanol–water partition coefficient (Wildman–Crippen LogP) is 12.4. The summed E-state index contributed by atoms with van der Waals surface area (Å²) >= 11 is 16.2. The van der Waals surface area contributed by atoms with Crippen LogP contribution in [0.5, 0.6) is 11.5 Å². The minimum atomic E-state index is -0.339. The zero-order valence-corrected chi connectivity index (χ0v) is 38.4. The zero-order valence-electron chi connectivity index (χ0n) is 33.6. The highest BCUT2D eigenvalue weighted by Gasteiger charge is 2.30. The van der Waals surface area contributed by atoms with E-state index < -0.39 is 0 Å². The third-order valence-corrected chi connectivity index (χ3v) is 15.3. The highest BCUT2D eigenvalue weighted by atomic mass is 79.9. The largest absolute Gasteiger partial charge is 0.497 e. The summed E-state index contributed by atoms with van der Waals surface area (Å²) in [6.07, 6.45) is 3.28. The second kappa shape index (κ2) is 18.8. The van der Waals surface area contributed by atoms with Crippen molar-refractivity contribution < 1.29 is 19.0 Å². The molecular weight excluding hydrogens is 884 g/mol. The molecule has 59 heavy (non-hydrogen) atoms. The van der Waals surface area contributed by atoms with E-state index in [1.165, 1.54) is 16.1 Å². The van der Waals surface area contributed by atoms with Crippen molar-refractivity contribution in [1.29, 1.82) is 0 Å². The molecule has 3 aromatic heterocycles. The van der Waals surface area contributed by atoms with Crippen molar-refractivity contribution in [1.82, 2.24) is 19.3 Å². The van der Waals surface area contributed by atoms with E-state index in [9.17, 15) is 4.79 Å². The number of benzene rings is 4. The first-order chi connectivity index (χ1) is 28.8. The van der Waals surface area contributed by atoms with Crippen LogP contribution in [0.2, 0.25) is 5.02 Å². The minimum Gasteiger partial charge on any atom is -0.497 e. The van der Waals surface area contributed by atoms with Gasteiger partial charge < -0.3 is 18.8 Å². The summed E-state index contributed by atoms with van der Waals surface area (Å²) in [6, 6.07) is 25.0. The number of rotatable bonds is 17. The number of nitrogens with zero attached hydrogens (tertiary/aromatic N) is 4. The van der Waals surface area contributed by atoms with Crippen LogP contribution in [0.15, 0.2) is 77.7 Å². The second-order valence-electron chi connectivity index (χ2n) is 14.5. The van der Waals surface area contributed by atoms with Gasteiger partial charge in [0.05, 0.1) is 42.3 Å². The van der Waals surface area contributed by atoms with Gasteiger partial charge in [0.15, 0.2) is 0 Å². The number of hydrogen-bond acceptors (Lipinski definition) is 9. The molecule has 7 aromatic rings. The van der Waals surface area contributed by atoms with Crippen LogP contribution in [-0.4, -0.2) is 45.6 Å². The van der Waals surface area contributed by atoms with Crippen LogP contribution < -0.4 is 9.47 Å². The Bertz CT molecular complexity index is 2640. The molecule has 13 heteroatoms. The maximum Gasteiger partial charge on any atom is 0.355 e. The number of esters is 1. The fourth-order valence-electron chi connectivity index (χ4n) is 8.01. The van der Waals surface area contributed by atoms with Crippen molar-refractivity contribution in [3.63, 3.8) is 0 Å². The molecule has 0 atom stereocenters. The van der Waals surface area contributed by atoms with Crippen LogP contribution in [0, 0.1) is 6.92 Å². The Hall–Kier alpha value is -3.94. The molecule has 0 fully saturated rings. The summed E-state index contributed by atoms with van der Waals surface area (Å²) in [4.78, 5) is 21.0. The van der Waals surface area contributed by atoms with E-state index >= 15 is 0 Å². The van der Waals surface area contributed by atoms with Gasteiger partial charge in [-0.1, -0.05) is 70.0 Å². The average Bonchev–Trinajstić information content (AvgIpc) is 4.01. The van der Waals surface area contributed by atoms with Gasteiger partial charge in [-0.05, 0) is 86.4 Å². The van der Waals surface area contributed by atoms with Gasteiger partial charge in [0, 0.05) is 73.5 Å². The van der Waals surface area contributed by atoms with E-state index in [1.54, 1.807) is 30.2 Å². The van der Waals surface area contributed by atoms with E-state index in [-0.39, 0.29) is 12.6 Å². The molecule has 4 aromatic carbocycles. The van der Waals surface area contributed by atoms with E-state index in [4.69, 9.17) is 35.9 Å². The molecule has 0 saturated carbocycles. The van der Waals surface area contributed by atoms with Gasteiger partial charge in [0.2, 0.25) is 0 Å². The number of methoxy groups -OCH3 is 1. The molecule has 0 bridgehead atoms. The summed E-state index contributed by atoms with van der Waals surface area (Å²) in [5.74, 6) is 3.73. The number of hydrogen-bond donors (Lipinski definition) is 0. The van der Waals surface area contributed by atoms with Gasteiger partial charge in [-0.15, -0.1) is 34.9 Å². The Morgan fingerprint density at radius 3 is 2.63 bits per heavy atom. The Balaban J connectivity index is 1.07. The van der Waals surface area contributed by atoms with Gasteiger partial charge >= 0.3 is 5.97 Å². The molecular formula is C46H46BrClN4O4S3. The molecule has 0 N–H and O–H groups in total. The van der Waals surface area contributed by atoms with Crippen LogP contribution in [0.3, 0.4) is 0 Å². The number of thioether (sulfide) groups is 2. The van der Waals surface area contributed by atoms with E-state index in [2.05, 4.69) is 76.1 Å². The zero-order chi connectivity index (χ0) is 41.0. The van der Waals surface area contributed by atoms with Crippen LogP contribution >= 0.6 is 62.4 Å². The summed E-state index contributed by atoms with van der Waals surface area (Å²) in [5.41, 5.74) is 8.96. The molecule has 4 heterocycles. The Morgan fingerprint density at radius 1 is 1.02 bits per heavy atom. The Morgan fingerprint density at radius 2 is 1.85 bits per heavy atom. The van der Waals surface area contributed by atoms with Crippen LogP contribution in [-0.2, 0) is 53.8 Å². The third-order valence-electron chi connectivity index (χ3n) is 10.8. The van der Waals surface area contributed by atoms with Crippen molar-refractivity contribution in [2.75, 3.05) is 20.3 Å². The monoisotopic (exact) mass is 928 g/mol. The standard InChI is InChI=1S/C46H46BrClN4O4S3/c1-5-55-46(53)45-34(12-9-21-56-39-23-32(22-30-10-6-7-11-33(30)39)58-25-29-14-16-31(54-4)17-15-29)35-18-19-36(48)42(44(35)51(45)3)43-37(50-52-20-8-13-38(43)52)26-57-27-41-49-28(2)40(24-47)59-41/h6-7,10-11,14-19,22-23H,5,8-9,12-13,20-21,24-27H2,1-4H3. The fraction of sp³-hybridized carbons (Fsp3) is 0.326. The lowest BCUT2D eigenvalue weighted by Crippen LogP contribution is -2.13. The number of ether oxygens (including phenoxy) is 3. The molecule has 0 spiro atoms. The second-order valence-corrected chi connectivity index (χ2v) is 18.7. The molecule has 0 unspecified atom stereocenters. The quantitative estimate of drug-likeness (QED) is 0.0387. The molecule has 0 saturated heterocycles. The fourth-order valence-corrected chi connectivity index (χ4v) is 11.9. The number of fused-ring (bicyclic) bond motifs is 3. The van der Waals surface area contributed by atoms with Crippen molar-refractivity contribution >= 4 is 90.0 Å². The third kappa shape index (κ3) is 8.80. The minimum absolute atomic E-state index is 0.282. The first-order valence-electron chi connectivity index (χ1n) is 19.8. The molecule has 0 aliphatic carbocycles. The van der Waals surface area contributed by atoms with Crippen LogP contribution in [0.4, 0.5) is 0 Å². The number of aryl methyl sites for hydroxylation is 4. The molecule has 0 amide bonds.